The van der Waals surface area contributed by atoms with Crippen LogP contribution >= 0.6 is 0 Å². The van der Waals surface area contributed by atoms with Crippen LogP contribution in [-0.2, 0) is 0 Å². The van der Waals surface area contributed by atoms with Crippen molar-refractivity contribution in [3.8, 4) is 0 Å². The van der Waals surface area contributed by atoms with E-state index in [0.717, 1.165) is 6.42 Å². The summed E-state index contributed by atoms with van der Waals surface area (Å²) in [5.41, 5.74) is 4.27. The summed E-state index contributed by atoms with van der Waals surface area (Å²) in [6.07, 6.45) is 6.60. The van der Waals surface area contributed by atoms with Crippen LogP contribution in [0.4, 0.5) is 0 Å². The van der Waals surface area contributed by atoms with Crippen molar-refractivity contribution in [2.24, 2.45) is 10.9 Å². The van der Waals surface area contributed by atoms with E-state index < -0.39 is 0 Å². The van der Waals surface area contributed by atoms with Crippen molar-refractivity contribution in [1.82, 2.24) is 0 Å². The minimum Gasteiger partial charge on any atom is -0.262 e. The van der Waals surface area contributed by atoms with Crippen molar-refractivity contribution >= 4 is 5.71 Å². The van der Waals surface area contributed by atoms with Crippen LogP contribution < -0.4 is 0 Å². The topological polar surface area (TPSA) is 12.4 Å². The Labute approximate surface area is 87.6 Å². The lowest BCUT2D eigenvalue weighted by Gasteiger charge is -2.21. The van der Waals surface area contributed by atoms with E-state index in [4.69, 9.17) is 0 Å². The van der Waals surface area contributed by atoms with Gasteiger partial charge in [-0.2, -0.15) is 0 Å². The molecule has 0 heterocycles. The molecule has 1 aliphatic rings. The first kappa shape index (κ1) is 11.2. The molecule has 1 saturated carbocycles. The second-order valence-electron chi connectivity index (χ2n) is 4.28. The molecule has 0 aromatic carbocycles. The molecule has 0 unspecified atom stereocenters. The molecule has 1 heteroatoms. The summed E-state index contributed by atoms with van der Waals surface area (Å²) >= 11 is 0. The van der Waals surface area contributed by atoms with Crippen molar-refractivity contribution in [3.63, 3.8) is 0 Å². The van der Waals surface area contributed by atoms with Crippen molar-refractivity contribution in [3.05, 3.63) is 23.9 Å². The van der Waals surface area contributed by atoms with E-state index in [9.17, 15) is 0 Å². The van der Waals surface area contributed by atoms with Crippen LogP contribution in [0, 0.1) is 5.92 Å². The third kappa shape index (κ3) is 2.57. The first-order valence-electron chi connectivity index (χ1n) is 5.54. The van der Waals surface area contributed by atoms with E-state index in [1.54, 1.807) is 6.20 Å². The Balaban J connectivity index is 2.98. The van der Waals surface area contributed by atoms with E-state index in [-0.39, 0.29) is 0 Å². The highest BCUT2D eigenvalue weighted by atomic mass is 14.7. The van der Waals surface area contributed by atoms with E-state index in [0.29, 0.717) is 5.92 Å². The van der Waals surface area contributed by atoms with Crippen LogP contribution in [0.5, 0.6) is 0 Å². The summed E-state index contributed by atoms with van der Waals surface area (Å²) in [4.78, 5) is 4.39. The predicted octanol–water partition coefficient (Wildman–Crippen LogP) is 4.12. The molecular weight excluding hydrogens is 170 g/mol. The lowest BCUT2D eigenvalue weighted by Crippen LogP contribution is -2.12. The fraction of sp³-hybridized carbons (Fsp3) is 0.615. The Morgan fingerprint density at radius 1 is 1.36 bits per heavy atom. The average Bonchev–Trinajstić information content (AvgIpc) is 2.18. The first-order chi connectivity index (χ1) is 6.66. The maximum Gasteiger partial charge on any atom is 0.0434 e. The van der Waals surface area contributed by atoms with Gasteiger partial charge in [-0.15, -0.1) is 0 Å². The number of hydrogen-bond acceptors (Lipinski definition) is 1. The monoisotopic (exact) mass is 191 g/mol. The second kappa shape index (κ2) is 5.14. The van der Waals surface area contributed by atoms with Gasteiger partial charge in [-0.05, 0) is 44.1 Å². The van der Waals surface area contributed by atoms with Crippen LogP contribution in [0.2, 0.25) is 0 Å². The van der Waals surface area contributed by atoms with E-state index >= 15 is 0 Å². The molecule has 0 spiro atoms. The molecule has 0 aromatic heterocycles. The minimum absolute atomic E-state index is 0.637. The summed E-state index contributed by atoms with van der Waals surface area (Å²) in [6, 6.07) is 0. The molecule has 0 bridgehead atoms. The molecule has 1 rings (SSSR count). The zero-order chi connectivity index (χ0) is 10.6. The largest absolute Gasteiger partial charge is 0.262 e. The molecule has 14 heavy (non-hydrogen) atoms. The molecule has 0 N–H and O–H groups in total. The van der Waals surface area contributed by atoms with Gasteiger partial charge in [0.05, 0.1) is 0 Å². The number of allylic oxidation sites excluding steroid dienone is 2. The summed E-state index contributed by atoms with van der Waals surface area (Å²) in [7, 11) is 0. The SMILES string of the molecule is C=CN=C1CCCC/C1=C(/C)C(C)C. The minimum atomic E-state index is 0.637. The normalized spacial score (nSPS) is 24.1. The zero-order valence-corrected chi connectivity index (χ0v) is 9.64. The Morgan fingerprint density at radius 2 is 2.00 bits per heavy atom. The predicted molar refractivity (Wildman–Crippen MR) is 63.6 cm³/mol. The molecule has 0 radical (unpaired) electrons. The van der Waals surface area contributed by atoms with Gasteiger partial charge in [0.2, 0.25) is 0 Å². The summed E-state index contributed by atoms with van der Waals surface area (Å²) in [5.74, 6) is 0.637. The Kier molecular flexibility index (Phi) is 4.12. The highest BCUT2D eigenvalue weighted by Gasteiger charge is 2.16. The Hall–Kier alpha value is -0.850. The Bertz CT molecular complexity index is 266. The summed E-state index contributed by atoms with van der Waals surface area (Å²) in [6.45, 7) is 10.4. The maximum atomic E-state index is 4.39. The van der Waals surface area contributed by atoms with Gasteiger partial charge < -0.3 is 0 Å². The average molecular weight is 191 g/mol. The highest BCUT2D eigenvalue weighted by Crippen LogP contribution is 2.27. The van der Waals surface area contributed by atoms with Crippen LogP contribution in [0.15, 0.2) is 28.9 Å². The second-order valence-corrected chi connectivity index (χ2v) is 4.28. The Morgan fingerprint density at radius 3 is 2.57 bits per heavy atom. The van der Waals surface area contributed by atoms with Gasteiger partial charge in [0.15, 0.2) is 0 Å². The van der Waals surface area contributed by atoms with Crippen LogP contribution in [-0.4, -0.2) is 5.71 Å². The first-order valence-corrected chi connectivity index (χ1v) is 5.54. The van der Waals surface area contributed by atoms with E-state index in [1.165, 1.54) is 36.1 Å². The lowest BCUT2D eigenvalue weighted by molar-refractivity contribution is 0.696. The van der Waals surface area contributed by atoms with Crippen molar-refractivity contribution in [1.29, 1.82) is 0 Å². The van der Waals surface area contributed by atoms with Gasteiger partial charge in [0.25, 0.3) is 0 Å². The number of hydrogen-bond donors (Lipinski definition) is 0. The van der Waals surface area contributed by atoms with E-state index in [2.05, 4.69) is 32.3 Å². The molecule has 0 atom stereocenters. The molecule has 0 aliphatic heterocycles. The molecule has 1 fully saturated rings. The lowest BCUT2D eigenvalue weighted by atomic mass is 9.86. The number of rotatable bonds is 2. The molecule has 1 aliphatic carbocycles. The van der Waals surface area contributed by atoms with Crippen molar-refractivity contribution in [2.75, 3.05) is 0 Å². The van der Waals surface area contributed by atoms with Gasteiger partial charge in [0, 0.05) is 11.9 Å². The quantitative estimate of drug-likeness (QED) is 0.622. The summed E-state index contributed by atoms with van der Waals surface area (Å²) in [5, 5.41) is 0. The third-order valence-electron chi connectivity index (χ3n) is 3.03. The van der Waals surface area contributed by atoms with Crippen LogP contribution in [0.25, 0.3) is 0 Å². The molecule has 0 saturated heterocycles. The van der Waals surface area contributed by atoms with Crippen LogP contribution in [0.1, 0.15) is 46.5 Å². The van der Waals surface area contributed by atoms with E-state index in [1.807, 2.05) is 0 Å². The fourth-order valence-electron chi connectivity index (χ4n) is 1.92. The van der Waals surface area contributed by atoms with Gasteiger partial charge in [0.1, 0.15) is 0 Å². The fourth-order valence-corrected chi connectivity index (χ4v) is 1.92. The van der Waals surface area contributed by atoms with Crippen molar-refractivity contribution < 1.29 is 0 Å². The molecular formula is C13H21N. The molecule has 1 nitrogen and oxygen atoms in total. The standard InChI is InChI=1S/C13H21N/c1-5-14-13-9-7-6-8-12(13)11(4)10(2)3/h5,10H,1,6-9H2,2-4H3/b12-11+,14-13?. The zero-order valence-electron chi connectivity index (χ0n) is 9.64. The molecule has 0 aromatic rings. The van der Waals surface area contributed by atoms with Gasteiger partial charge in [-0.1, -0.05) is 26.0 Å². The van der Waals surface area contributed by atoms with Gasteiger partial charge >= 0.3 is 0 Å². The smallest absolute Gasteiger partial charge is 0.0434 e. The highest BCUT2D eigenvalue weighted by molar-refractivity contribution is 6.01. The number of nitrogens with zero attached hydrogens (tertiary/aromatic N) is 1. The third-order valence-corrected chi connectivity index (χ3v) is 3.03. The van der Waals surface area contributed by atoms with Gasteiger partial charge in [-0.3, -0.25) is 4.99 Å². The number of aliphatic imine (C=N–C) groups is 1. The van der Waals surface area contributed by atoms with Crippen LogP contribution in [0.3, 0.4) is 0 Å². The van der Waals surface area contributed by atoms with Gasteiger partial charge in [-0.25, -0.2) is 0 Å². The molecule has 78 valence electrons. The van der Waals surface area contributed by atoms with Crippen molar-refractivity contribution in [2.45, 2.75) is 46.5 Å². The summed E-state index contributed by atoms with van der Waals surface area (Å²) < 4.78 is 0. The maximum absolute atomic E-state index is 4.39. The molecule has 0 amide bonds.